The Morgan fingerprint density at radius 3 is 2.38 bits per heavy atom. The van der Waals surface area contributed by atoms with Crippen molar-refractivity contribution in [2.24, 2.45) is 0 Å². The molecule has 1 aliphatic rings. The minimum absolute atomic E-state index is 0.152. The van der Waals surface area contributed by atoms with Crippen LogP contribution in [-0.2, 0) is 10.2 Å². The molecule has 1 heterocycles. The van der Waals surface area contributed by atoms with Crippen LogP contribution in [0.4, 0.5) is 5.69 Å². The maximum absolute atomic E-state index is 12.0. The number of carbonyl (C=O) groups excluding carboxylic acids is 1. The van der Waals surface area contributed by atoms with Crippen molar-refractivity contribution in [3.05, 3.63) is 49.7 Å². The highest BCUT2D eigenvalue weighted by molar-refractivity contribution is 14.1. The fourth-order valence-electron chi connectivity index (χ4n) is 2.26. The summed E-state index contributed by atoms with van der Waals surface area (Å²) in [5, 5.41) is 13.9. The summed E-state index contributed by atoms with van der Waals surface area (Å²) >= 11 is 3.70. The van der Waals surface area contributed by atoms with E-state index in [9.17, 15) is 14.7 Å². The first-order valence-corrected chi connectivity index (χ1v) is 8.36. The monoisotopic (exact) mass is 413 g/mol. The number of carbonyl (C=O) groups is 2. The third-order valence-corrected chi connectivity index (χ3v) is 5.47. The van der Waals surface area contributed by atoms with Gasteiger partial charge in [0, 0.05) is 11.1 Å². The van der Waals surface area contributed by atoms with Gasteiger partial charge in [-0.05, 0) is 59.2 Å². The molecule has 2 N–H and O–H groups in total. The lowest BCUT2D eigenvalue weighted by molar-refractivity contribution is -0.140. The first-order chi connectivity index (χ1) is 10.0. The third-order valence-electron chi connectivity index (χ3n) is 3.68. The van der Waals surface area contributed by atoms with E-state index in [1.807, 2.05) is 11.4 Å². The average Bonchev–Trinajstić information content (AvgIpc) is 3.16. The minimum Gasteiger partial charge on any atom is -0.481 e. The average molecular weight is 413 g/mol. The second kappa shape index (κ2) is 5.42. The topological polar surface area (TPSA) is 66.4 Å². The largest absolute Gasteiger partial charge is 0.481 e. The molecule has 4 nitrogen and oxygen atoms in total. The molecular formula is C15H12INO3S. The minimum atomic E-state index is -0.771. The predicted octanol–water partition coefficient (Wildman–Crippen LogP) is 3.72. The van der Waals surface area contributed by atoms with Crippen LogP contribution < -0.4 is 5.32 Å². The Morgan fingerprint density at radius 2 is 1.90 bits per heavy atom. The van der Waals surface area contributed by atoms with Crippen molar-refractivity contribution in [1.82, 2.24) is 0 Å². The number of aliphatic carboxylic acids is 1. The fourth-order valence-corrected chi connectivity index (χ4v) is 3.58. The summed E-state index contributed by atoms with van der Waals surface area (Å²) in [6.07, 6.45) is 1.36. The first-order valence-electron chi connectivity index (χ1n) is 6.41. The van der Waals surface area contributed by atoms with Crippen LogP contribution in [0.1, 0.15) is 28.8 Å². The number of rotatable bonds is 4. The van der Waals surface area contributed by atoms with E-state index in [1.165, 1.54) is 11.3 Å². The van der Waals surface area contributed by atoms with Crippen LogP contribution >= 0.6 is 33.9 Å². The van der Waals surface area contributed by atoms with Crippen LogP contribution in [0.15, 0.2) is 35.7 Å². The number of hydrogen-bond acceptors (Lipinski definition) is 3. The number of anilines is 1. The van der Waals surface area contributed by atoms with Gasteiger partial charge in [-0.2, -0.15) is 0 Å². The molecule has 1 saturated carbocycles. The maximum Gasteiger partial charge on any atom is 0.314 e. The Bertz CT molecular complexity index is 704. The van der Waals surface area contributed by atoms with E-state index in [-0.39, 0.29) is 5.91 Å². The number of carboxylic acid groups (broad SMARTS) is 1. The van der Waals surface area contributed by atoms with Gasteiger partial charge in [-0.25, -0.2) is 0 Å². The molecule has 2 aromatic rings. The van der Waals surface area contributed by atoms with Crippen LogP contribution in [0.25, 0.3) is 0 Å². The van der Waals surface area contributed by atoms with E-state index >= 15 is 0 Å². The molecule has 0 saturated heterocycles. The molecule has 0 bridgehead atoms. The number of amides is 1. The number of carboxylic acids is 1. The molecule has 1 fully saturated rings. The summed E-state index contributed by atoms with van der Waals surface area (Å²) < 4.78 is 1.06. The molecule has 6 heteroatoms. The molecule has 0 aliphatic heterocycles. The van der Waals surface area contributed by atoms with E-state index in [0.717, 1.165) is 8.45 Å². The van der Waals surface area contributed by atoms with Gasteiger partial charge in [-0.3, -0.25) is 9.59 Å². The van der Waals surface area contributed by atoms with Gasteiger partial charge in [-0.15, -0.1) is 11.3 Å². The van der Waals surface area contributed by atoms with Crippen molar-refractivity contribution in [2.75, 3.05) is 5.32 Å². The van der Waals surface area contributed by atoms with Crippen LogP contribution in [0.5, 0.6) is 0 Å². The molecule has 21 heavy (non-hydrogen) atoms. The van der Waals surface area contributed by atoms with Gasteiger partial charge in [0.25, 0.3) is 5.91 Å². The Labute approximate surface area is 139 Å². The van der Waals surface area contributed by atoms with Crippen LogP contribution in [0.3, 0.4) is 0 Å². The molecule has 1 aliphatic carbocycles. The zero-order valence-corrected chi connectivity index (χ0v) is 13.9. The van der Waals surface area contributed by atoms with E-state index in [4.69, 9.17) is 0 Å². The number of halogens is 1. The van der Waals surface area contributed by atoms with Crippen LogP contribution in [0.2, 0.25) is 0 Å². The van der Waals surface area contributed by atoms with Crippen LogP contribution in [-0.4, -0.2) is 17.0 Å². The molecule has 1 aromatic carbocycles. The summed E-state index contributed by atoms with van der Waals surface area (Å²) in [5.41, 5.74) is 1.41. The van der Waals surface area contributed by atoms with Crippen molar-refractivity contribution in [3.63, 3.8) is 0 Å². The second-order valence-electron chi connectivity index (χ2n) is 5.06. The van der Waals surface area contributed by atoms with E-state index in [2.05, 4.69) is 27.9 Å². The highest BCUT2D eigenvalue weighted by Gasteiger charge is 2.51. The van der Waals surface area contributed by atoms with Gasteiger partial charge in [0.05, 0.1) is 13.9 Å². The highest BCUT2D eigenvalue weighted by Crippen LogP contribution is 2.48. The molecule has 0 atom stereocenters. The number of thiophene rings is 1. The second-order valence-corrected chi connectivity index (χ2v) is 7.86. The third kappa shape index (κ3) is 2.82. The highest BCUT2D eigenvalue weighted by atomic mass is 127. The predicted molar refractivity (Wildman–Crippen MR) is 90.0 cm³/mol. The lowest BCUT2D eigenvalue weighted by Crippen LogP contribution is -2.19. The SMILES string of the molecule is O=C(Nc1ccc(C2(C(=O)O)CC2)cc1)c1csc(I)c1. The zero-order valence-electron chi connectivity index (χ0n) is 10.9. The lowest BCUT2D eigenvalue weighted by atomic mass is 9.96. The molecule has 0 unspecified atom stereocenters. The lowest BCUT2D eigenvalue weighted by Gasteiger charge is -2.11. The summed E-state index contributed by atoms with van der Waals surface area (Å²) in [6.45, 7) is 0. The Morgan fingerprint density at radius 1 is 1.24 bits per heavy atom. The Hall–Kier alpha value is -1.41. The molecule has 1 amide bonds. The van der Waals surface area contributed by atoms with Crippen LogP contribution in [0, 0.1) is 2.88 Å². The van der Waals surface area contributed by atoms with Crippen molar-refractivity contribution in [3.8, 4) is 0 Å². The molecular weight excluding hydrogens is 401 g/mol. The molecule has 3 rings (SSSR count). The number of hydrogen-bond donors (Lipinski definition) is 2. The standard InChI is InChI=1S/C15H12INO3S/c16-12-7-9(8-21-12)13(18)17-11-3-1-10(2-4-11)15(5-6-15)14(19)20/h1-4,7-8H,5-6H2,(H,17,18)(H,19,20). The normalized spacial score (nSPS) is 15.5. The maximum atomic E-state index is 12.0. The van der Waals surface area contributed by atoms with Crippen molar-refractivity contribution < 1.29 is 14.7 Å². The van der Waals surface area contributed by atoms with Gasteiger partial charge in [-0.1, -0.05) is 12.1 Å². The quantitative estimate of drug-likeness (QED) is 0.751. The molecule has 0 spiro atoms. The van der Waals surface area contributed by atoms with Gasteiger partial charge in [0.15, 0.2) is 0 Å². The smallest absolute Gasteiger partial charge is 0.314 e. The van der Waals surface area contributed by atoms with Crippen molar-refractivity contribution in [2.45, 2.75) is 18.3 Å². The van der Waals surface area contributed by atoms with E-state index < -0.39 is 11.4 Å². The summed E-state index contributed by atoms with van der Waals surface area (Å²) in [5.74, 6) is -0.923. The van der Waals surface area contributed by atoms with Gasteiger partial charge < -0.3 is 10.4 Å². The Balaban J connectivity index is 1.73. The van der Waals surface area contributed by atoms with Gasteiger partial charge in [0.2, 0.25) is 0 Å². The Kier molecular flexibility index (Phi) is 3.75. The molecule has 1 aromatic heterocycles. The zero-order chi connectivity index (χ0) is 15.0. The van der Waals surface area contributed by atoms with E-state index in [0.29, 0.717) is 24.1 Å². The van der Waals surface area contributed by atoms with Gasteiger partial charge in [0.1, 0.15) is 0 Å². The summed E-state index contributed by atoms with van der Waals surface area (Å²) in [7, 11) is 0. The van der Waals surface area contributed by atoms with E-state index in [1.54, 1.807) is 24.3 Å². The fraction of sp³-hybridized carbons (Fsp3) is 0.200. The van der Waals surface area contributed by atoms with Crippen molar-refractivity contribution >= 4 is 51.5 Å². The molecule has 108 valence electrons. The first kappa shape index (κ1) is 14.5. The molecule has 0 radical (unpaired) electrons. The van der Waals surface area contributed by atoms with Gasteiger partial charge >= 0.3 is 5.97 Å². The number of benzene rings is 1. The summed E-state index contributed by atoms with van der Waals surface area (Å²) in [4.78, 5) is 23.3. The summed E-state index contributed by atoms with van der Waals surface area (Å²) in [6, 6.07) is 8.92. The number of nitrogens with one attached hydrogen (secondary N) is 1. The van der Waals surface area contributed by atoms with Crippen molar-refractivity contribution in [1.29, 1.82) is 0 Å².